The molecule has 0 aliphatic rings. The molecule has 0 aromatic heterocycles. The molecule has 0 aliphatic carbocycles. The summed E-state index contributed by atoms with van der Waals surface area (Å²) in [6.45, 7) is 2.07. The monoisotopic (exact) mass is 239 g/mol. The van der Waals surface area contributed by atoms with Crippen LogP contribution in [0.5, 0.6) is 0 Å². The number of carbonyl (C=O) groups is 1. The molecule has 1 aromatic carbocycles. The van der Waals surface area contributed by atoms with Crippen LogP contribution in [-0.4, -0.2) is 12.2 Å². The fourth-order valence-corrected chi connectivity index (χ4v) is 1.68. The molecule has 0 unspecified atom stereocenters. The van der Waals surface area contributed by atoms with Crippen LogP contribution in [0.4, 0.5) is 9.18 Å². The molecular formula is C13H18FNO2. The first-order chi connectivity index (χ1) is 8.11. The highest BCUT2D eigenvalue weighted by Crippen LogP contribution is 2.13. The van der Waals surface area contributed by atoms with Gasteiger partial charge in [0.25, 0.3) is 0 Å². The van der Waals surface area contributed by atoms with Gasteiger partial charge in [0.15, 0.2) is 0 Å². The quantitative estimate of drug-likeness (QED) is 0.829. The fraction of sp³-hybridized carbons (Fsp3) is 0.462. The molecule has 2 N–H and O–H groups in total. The number of nitrogens with two attached hydrogens (primary N) is 1. The number of primary amides is 1. The lowest BCUT2D eigenvalue weighted by Gasteiger charge is -2.16. The minimum absolute atomic E-state index is 0.224. The Hall–Kier alpha value is -1.58. The highest BCUT2D eigenvalue weighted by Gasteiger charge is 2.12. The van der Waals surface area contributed by atoms with Crippen molar-refractivity contribution in [2.45, 2.75) is 38.7 Å². The Morgan fingerprint density at radius 3 is 2.59 bits per heavy atom. The SMILES string of the molecule is CCCC[C@@H](Cc1ccc(F)cc1)OC(N)=O. The average molecular weight is 239 g/mol. The highest BCUT2D eigenvalue weighted by molar-refractivity contribution is 5.64. The van der Waals surface area contributed by atoms with Crippen molar-refractivity contribution in [3.05, 3.63) is 35.6 Å². The third kappa shape index (κ3) is 5.33. The van der Waals surface area contributed by atoms with E-state index in [0.29, 0.717) is 6.42 Å². The maximum Gasteiger partial charge on any atom is 0.404 e. The second kappa shape index (κ2) is 6.89. The van der Waals surface area contributed by atoms with Crippen LogP contribution in [0, 0.1) is 5.82 Å². The number of hydrogen-bond donors (Lipinski definition) is 1. The summed E-state index contributed by atoms with van der Waals surface area (Å²) in [7, 11) is 0. The van der Waals surface area contributed by atoms with E-state index >= 15 is 0 Å². The fourth-order valence-electron chi connectivity index (χ4n) is 1.68. The first-order valence-electron chi connectivity index (χ1n) is 5.82. The molecule has 0 saturated carbocycles. The van der Waals surface area contributed by atoms with Gasteiger partial charge in [-0.05, 0) is 24.1 Å². The van der Waals surface area contributed by atoms with E-state index in [1.807, 2.05) is 0 Å². The first-order valence-corrected chi connectivity index (χ1v) is 5.82. The number of halogens is 1. The zero-order valence-electron chi connectivity index (χ0n) is 9.99. The van der Waals surface area contributed by atoms with Crippen LogP contribution in [-0.2, 0) is 11.2 Å². The molecule has 0 saturated heterocycles. The molecule has 0 fully saturated rings. The first kappa shape index (κ1) is 13.5. The van der Waals surface area contributed by atoms with Crippen LogP contribution in [0.3, 0.4) is 0 Å². The Morgan fingerprint density at radius 2 is 2.06 bits per heavy atom. The molecular weight excluding hydrogens is 221 g/mol. The van der Waals surface area contributed by atoms with Crippen molar-refractivity contribution >= 4 is 6.09 Å². The van der Waals surface area contributed by atoms with E-state index in [2.05, 4.69) is 6.92 Å². The van der Waals surface area contributed by atoms with Crippen molar-refractivity contribution in [3.8, 4) is 0 Å². The minimum atomic E-state index is -0.756. The predicted octanol–water partition coefficient (Wildman–Crippen LogP) is 3.02. The van der Waals surface area contributed by atoms with Crippen molar-refractivity contribution in [1.29, 1.82) is 0 Å². The smallest absolute Gasteiger partial charge is 0.404 e. The number of amides is 1. The van der Waals surface area contributed by atoms with Gasteiger partial charge in [-0.15, -0.1) is 0 Å². The lowest BCUT2D eigenvalue weighted by atomic mass is 10.0. The van der Waals surface area contributed by atoms with Crippen LogP contribution in [0.1, 0.15) is 31.7 Å². The number of unbranched alkanes of at least 4 members (excludes halogenated alkanes) is 1. The summed E-state index contributed by atoms with van der Waals surface area (Å²) in [6.07, 6.45) is 2.37. The number of benzene rings is 1. The number of hydrogen-bond acceptors (Lipinski definition) is 2. The van der Waals surface area contributed by atoms with E-state index in [9.17, 15) is 9.18 Å². The molecule has 0 aliphatic heterocycles. The van der Waals surface area contributed by atoms with Crippen LogP contribution in [0.2, 0.25) is 0 Å². The van der Waals surface area contributed by atoms with E-state index in [4.69, 9.17) is 10.5 Å². The van der Waals surface area contributed by atoms with E-state index in [0.717, 1.165) is 24.8 Å². The van der Waals surface area contributed by atoms with E-state index in [1.165, 1.54) is 12.1 Å². The van der Waals surface area contributed by atoms with Gasteiger partial charge in [0, 0.05) is 6.42 Å². The Morgan fingerprint density at radius 1 is 1.41 bits per heavy atom. The van der Waals surface area contributed by atoms with Crippen molar-refractivity contribution in [2.24, 2.45) is 5.73 Å². The summed E-state index contributed by atoms with van der Waals surface area (Å²) < 4.78 is 17.8. The molecule has 94 valence electrons. The Labute approximate surface area is 101 Å². The Bertz CT molecular complexity index is 351. The molecule has 0 spiro atoms. The van der Waals surface area contributed by atoms with Crippen LogP contribution in [0.25, 0.3) is 0 Å². The van der Waals surface area contributed by atoms with Crippen molar-refractivity contribution in [2.75, 3.05) is 0 Å². The largest absolute Gasteiger partial charge is 0.446 e. The van der Waals surface area contributed by atoms with E-state index < -0.39 is 6.09 Å². The predicted molar refractivity (Wildman–Crippen MR) is 64.1 cm³/mol. The zero-order chi connectivity index (χ0) is 12.7. The van der Waals surface area contributed by atoms with Gasteiger partial charge in [0.1, 0.15) is 11.9 Å². The Balaban J connectivity index is 2.57. The molecule has 1 aromatic rings. The maximum atomic E-state index is 12.7. The normalized spacial score (nSPS) is 12.1. The minimum Gasteiger partial charge on any atom is -0.446 e. The third-order valence-electron chi connectivity index (χ3n) is 2.54. The number of ether oxygens (including phenoxy) is 1. The van der Waals surface area contributed by atoms with E-state index in [1.54, 1.807) is 12.1 Å². The summed E-state index contributed by atoms with van der Waals surface area (Å²) in [5.41, 5.74) is 5.96. The van der Waals surface area contributed by atoms with Gasteiger partial charge in [-0.1, -0.05) is 31.9 Å². The number of carbonyl (C=O) groups excluding carboxylic acids is 1. The summed E-state index contributed by atoms with van der Waals surface area (Å²) >= 11 is 0. The van der Waals surface area contributed by atoms with Gasteiger partial charge in [0.2, 0.25) is 0 Å². The highest BCUT2D eigenvalue weighted by atomic mass is 19.1. The molecule has 3 nitrogen and oxygen atoms in total. The molecule has 1 rings (SSSR count). The number of rotatable bonds is 6. The summed E-state index contributed by atoms with van der Waals surface area (Å²) in [6, 6.07) is 6.18. The van der Waals surface area contributed by atoms with Gasteiger partial charge in [-0.3, -0.25) is 0 Å². The van der Waals surface area contributed by atoms with Gasteiger partial charge in [-0.2, -0.15) is 0 Å². The van der Waals surface area contributed by atoms with Crippen LogP contribution >= 0.6 is 0 Å². The zero-order valence-corrected chi connectivity index (χ0v) is 9.99. The second-order valence-corrected chi connectivity index (χ2v) is 4.03. The van der Waals surface area contributed by atoms with Crippen LogP contribution < -0.4 is 5.73 Å². The summed E-state index contributed by atoms with van der Waals surface area (Å²) in [5, 5.41) is 0. The van der Waals surface area contributed by atoms with Crippen molar-refractivity contribution < 1.29 is 13.9 Å². The lowest BCUT2D eigenvalue weighted by molar-refractivity contribution is 0.0997. The standard InChI is InChI=1S/C13H18FNO2/c1-2-3-4-12(17-13(15)16)9-10-5-7-11(14)8-6-10/h5-8,12H,2-4,9H2,1H3,(H2,15,16)/t12-/m0/s1. The summed E-state index contributed by atoms with van der Waals surface area (Å²) in [5.74, 6) is -0.269. The molecule has 1 amide bonds. The van der Waals surface area contributed by atoms with Crippen molar-refractivity contribution in [3.63, 3.8) is 0 Å². The van der Waals surface area contributed by atoms with Gasteiger partial charge in [-0.25, -0.2) is 9.18 Å². The molecule has 0 radical (unpaired) electrons. The third-order valence-corrected chi connectivity index (χ3v) is 2.54. The molecule has 17 heavy (non-hydrogen) atoms. The Kier molecular flexibility index (Phi) is 5.46. The van der Waals surface area contributed by atoms with Gasteiger partial charge < -0.3 is 10.5 Å². The molecule has 0 bridgehead atoms. The summed E-state index contributed by atoms with van der Waals surface area (Å²) in [4.78, 5) is 10.8. The topological polar surface area (TPSA) is 52.3 Å². The van der Waals surface area contributed by atoms with Gasteiger partial charge >= 0.3 is 6.09 Å². The molecule has 0 heterocycles. The lowest BCUT2D eigenvalue weighted by Crippen LogP contribution is -2.24. The average Bonchev–Trinajstić information content (AvgIpc) is 2.28. The molecule has 1 atom stereocenters. The van der Waals surface area contributed by atoms with E-state index in [-0.39, 0.29) is 11.9 Å². The second-order valence-electron chi connectivity index (χ2n) is 4.03. The molecule has 4 heteroatoms. The van der Waals surface area contributed by atoms with Gasteiger partial charge in [0.05, 0.1) is 0 Å². The van der Waals surface area contributed by atoms with Crippen molar-refractivity contribution in [1.82, 2.24) is 0 Å². The van der Waals surface area contributed by atoms with Crippen LogP contribution in [0.15, 0.2) is 24.3 Å². The maximum absolute atomic E-state index is 12.7.